The van der Waals surface area contributed by atoms with Crippen LogP contribution in [-0.4, -0.2) is 153 Å². The van der Waals surface area contributed by atoms with Crippen molar-refractivity contribution in [3.8, 4) is 0 Å². The maximum atomic E-state index is 10.8. The van der Waals surface area contributed by atoms with Gasteiger partial charge in [0.2, 0.25) is 0 Å². The molecule has 34 heavy (non-hydrogen) atoms. The summed E-state index contributed by atoms with van der Waals surface area (Å²) in [5.74, 6) is 0. The molecule has 0 aromatic carbocycles. The van der Waals surface area contributed by atoms with Crippen molar-refractivity contribution in [2.24, 2.45) is 17.2 Å². The Labute approximate surface area is 194 Å². The first kappa shape index (κ1) is 27.9. The molecule has 15 atom stereocenters. The second kappa shape index (κ2) is 11.6. The lowest BCUT2D eigenvalue weighted by molar-refractivity contribution is -0.348. The predicted molar refractivity (Wildman–Crippen MR) is 107 cm³/mol. The smallest absolute Gasteiger partial charge is 0.176 e. The van der Waals surface area contributed by atoms with E-state index in [0.717, 1.165) is 0 Å². The van der Waals surface area contributed by atoms with Gasteiger partial charge in [-0.2, -0.15) is 0 Å². The highest BCUT2D eigenvalue weighted by molar-refractivity contribution is 4.98. The van der Waals surface area contributed by atoms with Crippen molar-refractivity contribution in [1.82, 2.24) is 0 Å². The van der Waals surface area contributed by atoms with Gasteiger partial charge in [-0.15, -0.1) is 0 Å². The molecule has 0 aromatic rings. The molecule has 6 unspecified atom stereocenters. The lowest BCUT2D eigenvalue weighted by atomic mass is 9.94. The van der Waals surface area contributed by atoms with E-state index in [2.05, 4.69) is 0 Å². The first-order chi connectivity index (χ1) is 16.0. The SMILES string of the molecule is NC1[C@H](O[C@@H]2C(CO)O[C@@H](O[C@@H]3C(CO)O[C@@H](O)C(N)[C@@H]3O)C(N)[C@@H]2O)OC(CO)[C@@H](O)[C@H]1O. The van der Waals surface area contributed by atoms with Crippen LogP contribution in [-0.2, 0) is 23.7 Å². The second-order valence-electron chi connectivity index (χ2n) is 8.59. The fraction of sp³-hybridized carbons (Fsp3) is 1.00. The molecule has 3 fully saturated rings. The van der Waals surface area contributed by atoms with Gasteiger partial charge in [-0.05, 0) is 0 Å². The van der Waals surface area contributed by atoms with E-state index in [1.54, 1.807) is 0 Å². The molecule has 0 spiro atoms. The zero-order valence-electron chi connectivity index (χ0n) is 18.1. The molecule has 16 nitrogen and oxygen atoms in total. The minimum atomic E-state index is -1.56. The first-order valence-electron chi connectivity index (χ1n) is 10.8. The maximum absolute atomic E-state index is 10.8. The topological polar surface area (TPSA) is 286 Å². The van der Waals surface area contributed by atoms with Crippen LogP contribution in [0.3, 0.4) is 0 Å². The monoisotopic (exact) mass is 501 g/mol. The number of ether oxygens (including phenoxy) is 5. The van der Waals surface area contributed by atoms with E-state index < -0.39 is 112 Å². The molecule has 200 valence electrons. The quantitative estimate of drug-likeness (QED) is 0.154. The molecule has 3 aliphatic heterocycles. The lowest BCUT2D eigenvalue weighted by Gasteiger charge is -2.48. The minimum Gasteiger partial charge on any atom is -0.394 e. The Morgan fingerprint density at radius 1 is 0.529 bits per heavy atom. The average molecular weight is 501 g/mol. The fourth-order valence-corrected chi connectivity index (χ4v) is 4.18. The van der Waals surface area contributed by atoms with Crippen LogP contribution in [0.15, 0.2) is 0 Å². The van der Waals surface area contributed by atoms with Crippen LogP contribution >= 0.6 is 0 Å². The van der Waals surface area contributed by atoms with Gasteiger partial charge in [-0.3, -0.25) is 0 Å². The van der Waals surface area contributed by atoms with Gasteiger partial charge in [0.1, 0.15) is 54.9 Å². The van der Waals surface area contributed by atoms with Gasteiger partial charge in [0, 0.05) is 0 Å². The molecule has 0 bridgehead atoms. The van der Waals surface area contributed by atoms with Crippen molar-refractivity contribution in [3.63, 3.8) is 0 Å². The summed E-state index contributed by atoms with van der Waals surface area (Å²) < 4.78 is 27.4. The summed E-state index contributed by atoms with van der Waals surface area (Å²) in [4.78, 5) is 0. The Kier molecular flexibility index (Phi) is 9.54. The van der Waals surface area contributed by atoms with Crippen molar-refractivity contribution >= 4 is 0 Å². The second-order valence-corrected chi connectivity index (χ2v) is 8.59. The lowest BCUT2D eigenvalue weighted by Crippen LogP contribution is -2.69. The van der Waals surface area contributed by atoms with Gasteiger partial charge in [-0.1, -0.05) is 0 Å². The van der Waals surface area contributed by atoms with Crippen LogP contribution in [0.5, 0.6) is 0 Å². The molecular formula is C18H35N3O13. The zero-order chi connectivity index (χ0) is 25.3. The van der Waals surface area contributed by atoms with E-state index in [9.17, 15) is 40.9 Å². The predicted octanol–water partition coefficient (Wildman–Crippen LogP) is -7.67. The molecule has 3 saturated heterocycles. The summed E-state index contributed by atoms with van der Waals surface area (Å²) >= 11 is 0. The average Bonchev–Trinajstić information content (AvgIpc) is 2.83. The van der Waals surface area contributed by atoms with Crippen LogP contribution in [0, 0.1) is 0 Å². The van der Waals surface area contributed by atoms with E-state index in [1.807, 2.05) is 0 Å². The van der Waals surface area contributed by atoms with E-state index in [-0.39, 0.29) is 0 Å². The summed E-state index contributed by atoms with van der Waals surface area (Å²) in [6, 6.07) is -3.87. The van der Waals surface area contributed by atoms with Gasteiger partial charge in [0.05, 0.1) is 37.9 Å². The van der Waals surface area contributed by atoms with E-state index in [4.69, 9.17) is 40.9 Å². The van der Waals surface area contributed by atoms with Gasteiger partial charge in [0.25, 0.3) is 0 Å². The normalized spacial score (nSPS) is 52.5. The summed E-state index contributed by atoms with van der Waals surface area (Å²) in [6.45, 7) is -2.00. The van der Waals surface area contributed by atoms with Crippen molar-refractivity contribution in [3.05, 3.63) is 0 Å². The van der Waals surface area contributed by atoms with E-state index in [0.29, 0.717) is 0 Å². The molecule has 0 aliphatic carbocycles. The molecule has 0 amide bonds. The fourth-order valence-electron chi connectivity index (χ4n) is 4.18. The molecule has 3 heterocycles. The number of nitrogens with two attached hydrogens (primary N) is 3. The Bertz CT molecular complexity index is 646. The Morgan fingerprint density at radius 3 is 1.44 bits per heavy atom. The molecular weight excluding hydrogens is 466 g/mol. The molecule has 3 aliphatic rings. The van der Waals surface area contributed by atoms with Crippen LogP contribution in [0.25, 0.3) is 0 Å². The van der Waals surface area contributed by atoms with Crippen molar-refractivity contribution in [2.45, 2.75) is 91.9 Å². The molecule has 0 saturated carbocycles. The van der Waals surface area contributed by atoms with E-state index in [1.165, 1.54) is 0 Å². The summed E-state index contributed by atoms with van der Waals surface area (Å²) in [7, 11) is 0. The maximum Gasteiger partial charge on any atom is 0.176 e. The van der Waals surface area contributed by atoms with Crippen molar-refractivity contribution in [1.29, 1.82) is 0 Å². The highest BCUT2D eigenvalue weighted by Crippen LogP contribution is 2.30. The number of aliphatic hydroxyl groups excluding tert-OH is 8. The highest BCUT2D eigenvalue weighted by Gasteiger charge is 2.52. The minimum absolute atomic E-state index is 0.651. The number of aliphatic hydroxyl groups is 8. The summed E-state index contributed by atoms with van der Waals surface area (Å²) in [5, 5.41) is 79.6. The highest BCUT2D eigenvalue weighted by atomic mass is 16.7. The van der Waals surface area contributed by atoms with Crippen LogP contribution in [0.4, 0.5) is 0 Å². The van der Waals surface area contributed by atoms with Gasteiger partial charge < -0.3 is 81.7 Å². The number of rotatable bonds is 7. The number of hydrogen-bond donors (Lipinski definition) is 11. The zero-order valence-corrected chi connectivity index (χ0v) is 18.1. The molecule has 3 rings (SSSR count). The largest absolute Gasteiger partial charge is 0.394 e. The van der Waals surface area contributed by atoms with Crippen LogP contribution in [0.1, 0.15) is 0 Å². The molecule has 14 N–H and O–H groups in total. The van der Waals surface area contributed by atoms with Crippen molar-refractivity contribution < 1.29 is 64.5 Å². The summed E-state index contributed by atoms with van der Waals surface area (Å²) in [5.41, 5.74) is 17.6. The van der Waals surface area contributed by atoms with E-state index >= 15 is 0 Å². The van der Waals surface area contributed by atoms with Crippen molar-refractivity contribution in [2.75, 3.05) is 19.8 Å². The summed E-state index contributed by atoms with van der Waals surface area (Å²) in [6.07, 6.45) is -16.8. The molecule has 0 aromatic heterocycles. The van der Waals surface area contributed by atoms with Gasteiger partial charge in [0.15, 0.2) is 18.9 Å². The first-order valence-corrected chi connectivity index (χ1v) is 10.8. The van der Waals surface area contributed by atoms with Gasteiger partial charge in [-0.25, -0.2) is 0 Å². The Hall–Kier alpha value is -0.640. The standard InChI is InChI=1S/C18H35N3O13/c19-7-12(27)14(5(2-23)30-16(7)29)33-18-9(21)13(28)15(6(3-24)32-18)34-17-8(20)11(26)10(25)4(1-22)31-17/h4-18,22-29H,1-3,19-21H2/t4?,5?,6?,7?,8?,9?,10-,11+,12+,13+,14-,15-,16-,17+,18+/m1/s1. The molecule has 0 radical (unpaired) electrons. The van der Waals surface area contributed by atoms with Crippen LogP contribution < -0.4 is 17.2 Å². The Balaban J connectivity index is 1.72. The third-order valence-corrected chi connectivity index (χ3v) is 6.33. The molecule has 16 heteroatoms. The Morgan fingerprint density at radius 2 is 0.941 bits per heavy atom. The van der Waals surface area contributed by atoms with Crippen LogP contribution in [0.2, 0.25) is 0 Å². The third-order valence-electron chi connectivity index (χ3n) is 6.33. The van der Waals surface area contributed by atoms with Gasteiger partial charge >= 0.3 is 0 Å². The third kappa shape index (κ3) is 5.37. The number of hydrogen-bond acceptors (Lipinski definition) is 16.